The van der Waals surface area contributed by atoms with Gasteiger partial charge < -0.3 is 9.74 Å². The minimum absolute atomic E-state index is 0.398. The lowest BCUT2D eigenvalue weighted by Gasteiger charge is -2.12. The molecule has 0 saturated carbocycles. The Morgan fingerprint density at radius 3 is 3.05 bits per heavy atom. The van der Waals surface area contributed by atoms with E-state index < -0.39 is 5.97 Å². The zero-order valence-corrected chi connectivity index (χ0v) is 12.2. The van der Waals surface area contributed by atoms with E-state index in [-0.39, 0.29) is 0 Å². The van der Waals surface area contributed by atoms with Crippen molar-refractivity contribution in [2.24, 2.45) is 5.16 Å². The van der Waals surface area contributed by atoms with Gasteiger partial charge in [-0.15, -0.1) is 11.3 Å². The Morgan fingerprint density at radius 1 is 1.55 bits per heavy atom. The molecule has 1 saturated heterocycles. The van der Waals surface area contributed by atoms with E-state index in [9.17, 15) is 4.79 Å². The maximum Gasteiger partial charge on any atom is 0.368 e. The molecule has 2 aliphatic heterocycles. The van der Waals surface area contributed by atoms with Crippen LogP contribution < -0.4 is 0 Å². The molecule has 0 spiro atoms. The van der Waals surface area contributed by atoms with Crippen molar-refractivity contribution in [1.82, 2.24) is 9.88 Å². The Morgan fingerprint density at radius 2 is 2.40 bits per heavy atom. The molecule has 1 aromatic rings. The Balaban J connectivity index is 1.99. The van der Waals surface area contributed by atoms with E-state index in [1.165, 1.54) is 17.0 Å². The first-order valence-corrected chi connectivity index (χ1v) is 7.37. The molecule has 0 aromatic carbocycles. The SMILES string of the molecule is CC(C=C1CCCN1C)=C1C(=O)ON=C1c1nccs1. The molecule has 0 aliphatic carbocycles. The van der Waals surface area contributed by atoms with Crippen LogP contribution in [0.15, 0.2) is 39.7 Å². The maximum absolute atomic E-state index is 11.9. The number of allylic oxidation sites excluding steroid dienone is 3. The molecule has 0 atom stereocenters. The van der Waals surface area contributed by atoms with Crippen molar-refractivity contribution >= 4 is 23.0 Å². The number of thiazole rings is 1. The van der Waals surface area contributed by atoms with Crippen LogP contribution in [0.2, 0.25) is 0 Å². The molecule has 0 amide bonds. The zero-order valence-electron chi connectivity index (χ0n) is 11.4. The van der Waals surface area contributed by atoms with Gasteiger partial charge in [-0.05, 0) is 31.4 Å². The second-order valence-corrected chi connectivity index (χ2v) is 5.77. The molecule has 20 heavy (non-hydrogen) atoms. The summed E-state index contributed by atoms with van der Waals surface area (Å²) in [6, 6.07) is 0. The van der Waals surface area contributed by atoms with Crippen LogP contribution in [0.5, 0.6) is 0 Å². The highest BCUT2D eigenvalue weighted by atomic mass is 32.1. The van der Waals surface area contributed by atoms with Gasteiger partial charge in [0.25, 0.3) is 0 Å². The van der Waals surface area contributed by atoms with Crippen LogP contribution in [0.4, 0.5) is 0 Å². The summed E-state index contributed by atoms with van der Waals surface area (Å²) in [4.78, 5) is 23.2. The summed E-state index contributed by atoms with van der Waals surface area (Å²) < 4.78 is 0. The van der Waals surface area contributed by atoms with Gasteiger partial charge in [-0.1, -0.05) is 5.16 Å². The van der Waals surface area contributed by atoms with Crippen LogP contribution in [0.25, 0.3) is 0 Å². The van der Waals surface area contributed by atoms with Crippen LogP contribution in [0.1, 0.15) is 24.8 Å². The molecule has 5 nitrogen and oxygen atoms in total. The molecule has 0 radical (unpaired) electrons. The van der Waals surface area contributed by atoms with Gasteiger partial charge in [-0.25, -0.2) is 9.78 Å². The molecule has 0 unspecified atom stereocenters. The van der Waals surface area contributed by atoms with Gasteiger partial charge in [0, 0.05) is 30.9 Å². The van der Waals surface area contributed by atoms with E-state index in [4.69, 9.17) is 4.84 Å². The van der Waals surface area contributed by atoms with Crippen molar-refractivity contribution in [3.8, 4) is 0 Å². The number of aromatic nitrogens is 1. The van der Waals surface area contributed by atoms with E-state index in [1.807, 2.05) is 12.3 Å². The third-order valence-corrected chi connectivity index (χ3v) is 4.27. The number of carbonyl (C=O) groups excluding carboxylic acids is 1. The standard InChI is InChI=1S/C14H15N3O2S/c1-9(8-10-4-3-6-17(10)2)11-12(16-19-14(11)18)13-15-5-7-20-13/h5,7-8H,3-4,6H2,1-2H3. The van der Waals surface area contributed by atoms with Gasteiger partial charge >= 0.3 is 5.97 Å². The molecule has 2 aliphatic rings. The van der Waals surface area contributed by atoms with Crippen LogP contribution >= 0.6 is 11.3 Å². The van der Waals surface area contributed by atoms with Gasteiger partial charge in [0.2, 0.25) is 0 Å². The Kier molecular flexibility index (Phi) is 3.40. The van der Waals surface area contributed by atoms with Crippen molar-refractivity contribution in [1.29, 1.82) is 0 Å². The monoisotopic (exact) mass is 289 g/mol. The summed E-state index contributed by atoms with van der Waals surface area (Å²) in [5, 5.41) is 6.44. The fourth-order valence-electron chi connectivity index (χ4n) is 2.45. The van der Waals surface area contributed by atoms with Crippen molar-refractivity contribution in [2.45, 2.75) is 19.8 Å². The van der Waals surface area contributed by atoms with Crippen LogP contribution in [0.3, 0.4) is 0 Å². The first kappa shape index (κ1) is 13.1. The second-order valence-electron chi connectivity index (χ2n) is 4.87. The molecule has 3 heterocycles. The van der Waals surface area contributed by atoms with Crippen molar-refractivity contribution in [2.75, 3.05) is 13.6 Å². The lowest BCUT2D eigenvalue weighted by molar-refractivity contribution is -0.136. The highest BCUT2D eigenvalue weighted by Gasteiger charge is 2.30. The number of rotatable bonds is 2. The molecule has 1 fully saturated rings. The summed E-state index contributed by atoms with van der Waals surface area (Å²) in [5.74, 6) is -0.398. The second kappa shape index (κ2) is 5.20. The minimum atomic E-state index is -0.398. The predicted octanol–water partition coefficient (Wildman–Crippen LogP) is 2.33. The van der Waals surface area contributed by atoms with E-state index in [2.05, 4.69) is 28.2 Å². The number of nitrogens with zero attached hydrogens (tertiary/aromatic N) is 3. The number of carbonyl (C=O) groups is 1. The number of likely N-dealkylation sites (tertiary alicyclic amines) is 1. The molecule has 0 N–H and O–H groups in total. The first-order valence-electron chi connectivity index (χ1n) is 6.49. The highest BCUT2D eigenvalue weighted by Crippen LogP contribution is 2.26. The average molecular weight is 289 g/mol. The largest absolute Gasteiger partial charge is 0.378 e. The van der Waals surface area contributed by atoms with Crippen molar-refractivity contribution in [3.63, 3.8) is 0 Å². The van der Waals surface area contributed by atoms with E-state index in [0.717, 1.165) is 25.0 Å². The van der Waals surface area contributed by atoms with E-state index in [0.29, 0.717) is 16.3 Å². The quantitative estimate of drug-likeness (QED) is 0.619. The maximum atomic E-state index is 11.9. The number of hydrogen-bond acceptors (Lipinski definition) is 6. The average Bonchev–Trinajstić information content (AvgIpc) is 3.11. The topological polar surface area (TPSA) is 54.8 Å². The summed E-state index contributed by atoms with van der Waals surface area (Å²) in [5.41, 5.74) is 3.19. The minimum Gasteiger partial charge on any atom is -0.378 e. The molecular formula is C14H15N3O2S. The molecule has 104 valence electrons. The van der Waals surface area contributed by atoms with Crippen LogP contribution in [-0.4, -0.2) is 35.2 Å². The lowest BCUT2D eigenvalue weighted by atomic mass is 10.0. The van der Waals surface area contributed by atoms with Crippen molar-refractivity contribution in [3.05, 3.63) is 39.5 Å². The van der Waals surface area contributed by atoms with Gasteiger partial charge in [0.05, 0.1) is 5.57 Å². The lowest BCUT2D eigenvalue weighted by Crippen LogP contribution is -2.12. The smallest absolute Gasteiger partial charge is 0.368 e. The first-order chi connectivity index (χ1) is 9.66. The number of hydrogen-bond donors (Lipinski definition) is 0. The summed E-state index contributed by atoms with van der Waals surface area (Å²) in [6.07, 6.45) is 5.95. The Bertz CT molecular complexity index is 629. The zero-order chi connectivity index (χ0) is 14.1. The summed E-state index contributed by atoms with van der Waals surface area (Å²) in [6.45, 7) is 2.98. The molecular weight excluding hydrogens is 274 g/mol. The van der Waals surface area contributed by atoms with Crippen LogP contribution in [0, 0.1) is 0 Å². The molecule has 3 rings (SSSR count). The summed E-state index contributed by atoms with van der Waals surface area (Å²) in [7, 11) is 2.07. The van der Waals surface area contributed by atoms with Crippen molar-refractivity contribution < 1.29 is 9.63 Å². The number of oxime groups is 1. The third kappa shape index (κ3) is 2.27. The van der Waals surface area contributed by atoms with Gasteiger partial charge in [0.15, 0.2) is 5.71 Å². The molecule has 6 heteroatoms. The van der Waals surface area contributed by atoms with E-state index in [1.54, 1.807) is 6.20 Å². The Hall–Kier alpha value is -1.95. The van der Waals surface area contributed by atoms with Crippen LogP contribution in [-0.2, 0) is 9.63 Å². The van der Waals surface area contributed by atoms with Gasteiger partial charge in [-0.2, -0.15) is 0 Å². The third-order valence-electron chi connectivity index (χ3n) is 3.49. The molecule has 0 bridgehead atoms. The normalized spacial score (nSPS) is 23.3. The van der Waals surface area contributed by atoms with Gasteiger partial charge in [0.1, 0.15) is 5.01 Å². The predicted molar refractivity (Wildman–Crippen MR) is 77.4 cm³/mol. The fraction of sp³-hybridized carbons (Fsp3) is 0.357. The Labute approximate surface area is 121 Å². The summed E-state index contributed by atoms with van der Waals surface area (Å²) >= 11 is 1.45. The van der Waals surface area contributed by atoms with Gasteiger partial charge in [-0.3, -0.25) is 0 Å². The fourth-order valence-corrected chi connectivity index (χ4v) is 3.07. The molecule has 1 aromatic heterocycles. The highest BCUT2D eigenvalue weighted by molar-refractivity contribution is 7.12. The van der Waals surface area contributed by atoms with E-state index >= 15 is 0 Å².